The molecule has 0 saturated carbocycles. The van der Waals surface area contributed by atoms with E-state index in [1.165, 1.54) is 12.1 Å². The van der Waals surface area contributed by atoms with E-state index in [4.69, 9.17) is 5.73 Å². The Labute approximate surface area is 166 Å². The van der Waals surface area contributed by atoms with Gasteiger partial charge >= 0.3 is 0 Å². The van der Waals surface area contributed by atoms with E-state index >= 15 is 0 Å². The molecule has 0 aliphatic heterocycles. The first kappa shape index (κ1) is 17.4. The molecule has 2 N–H and O–H groups in total. The lowest BCUT2D eigenvalue weighted by atomic mass is 10.1. The Morgan fingerprint density at radius 2 is 1.79 bits per heavy atom. The van der Waals surface area contributed by atoms with Gasteiger partial charge in [-0.25, -0.2) is 14.4 Å². The van der Waals surface area contributed by atoms with E-state index < -0.39 is 0 Å². The van der Waals surface area contributed by atoms with Crippen molar-refractivity contribution in [2.45, 2.75) is 13.5 Å². The minimum Gasteiger partial charge on any atom is -0.382 e. The van der Waals surface area contributed by atoms with Crippen LogP contribution in [0.1, 0.15) is 11.5 Å². The summed E-state index contributed by atoms with van der Waals surface area (Å²) >= 11 is 0. The van der Waals surface area contributed by atoms with Gasteiger partial charge in [-0.15, -0.1) is 0 Å². The van der Waals surface area contributed by atoms with E-state index in [9.17, 15) is 4.39 Å². The van der Waals surface area contributed by atoms with Crippen LogP contribution >= 0.6 is 0 Å². The van der Waals surface area contributed by atoms with Gasteiger partial charge in [0.25, 0.3) is 0 Å². The first-order chi connectivity index (χ1) is 14.0. The number of hydrogen-bond donors (Lipinski definition) is 1. The third-order valence-corrected chi connectivity index (χ3v) is 5.19. The molecule has 5 aromatic rings. The van der Waals surface area contributed by atoms with Gasteiger partial charge in [-0.3, -0.25) is 4.68 Å². The summed E-state index contributed by atoms with van der Waals surface area (Å²) in [6.07, 6.45) is 0. The number of benzene rings is 2. The molecule has 7 heteroatoms. The van der Waals surface area contributed by atoms with Crippen LogP contribution in [0.2, 0.25) is 0 Å². The van der Waals surface area contributed by atoms with Gasteiger partial charge in [-0.2, -0.15) is 5.10 Å². The number of anilines is 1. The number of nitrogens with two attached hydrogens (primary N) is 1. The van der Waals surface area contributed by atoms with E-state index in [1.807, 2.05) is 49.0 Å². The highest BCUT2D eigenvalue weighted by Gasteiger charge is 2.17. The second kappa shape index (κ2) is 6.41. The summed E-state index contributed by atoms with van der Waals surface area (Å²) in [6.45, 7) is 2.50. The monoisotopic (exact) mass is 386 g/mol. The Morgan fingerprint density at radius 3 is 2.59 bits per heavy atom. The standard InChI is InChI=1S/C22H19FN6/c1-13-25-20-21(17-5-3-4-6-18(17)26-22(20)24)29(13)12-16-11-19(28(2)27-16)14-7-9-15(23)10-8-14/h3-11H,12H2,1-2H3,(H2,24,26). The third-order valence-electron chi connectivity index (χ3n) is 5.19. The lowest BCUT2D eigenvalue weighted by Crippen LogP contribution is -2.04. The Balaban J connectivity index is 1.64. The third kappa shape index (κ3) is 2.82. The van der Waals surface area contributed by atoms with Crippen LogP contribution in [0.25, 0.3) is 33.2 Å². The number of halogens is 1. The Bertz CT molecular complexity index is 1360. The van der Waals surface area contributed by atoms with Crippen LogP contribution in [-0.2, 0) is 13.6 Å². The van der Waals surface area contributed by atoms with Crippen LogP contribution < -0.4 is 5.73 Å². The fourth-order valence-electron chi connectivity index (χ4n) is 3.82. The smallest absolute Gasteiger partial charge is 0.152 e. The van der Waals surface area contributed by atoms with Crippen LogP contribution in [0, 0.1) is 12.7 Å². The van der Waals surface area contributed by atoms with Crippen molar-refractivity contribution in [2.75, 3.05) is 5.73 Å². The average molecular weight is 386 g/mol. The molecule has 0 amide bonds. The lowest BCUT2D eigenvalue weighted by molar-refractivity contribution is 0.628. The molecule has 29 heavy (non-hydrogen) atoms. The second-order valence-electron chi connectivity index (χ2n) is 7.11. The first-order valence-corrected chi connectivity index (χ1v) is 9.31. The number of nitrogens with zero attached hydrogens (tertiary/aromatic N) is 5. The zero-order chi connectivity index (χ0) is 20.1. The highest BCUT2D eigenvalue weighted by Crippen LogP contribution is 2.29. The molecule has 3 heterocycles. The Hall–Kier alpha value is -3.74. The van der Waals surface area contributed by atoms with Crippen molar-refractivity contribution in [3.8, 4) is 11.3 Å². The summed E-state index contributed by atoms with van der Waals surface area (Å²) in [7, 11) is 1.89. The molecular weight excluding hydrogens is 367 g/mol. The van der Waals surface area contributed by atoms with Gasteiger partial charge in [-0.1, -0.05) is 18.2 Å². The van der Waals surface area contributed by atoms with Crippen molar-refractivity contribution in [1.82, 2.24) is 24.3 Å². The zero-order valence-electron chi connectivity index (χ0n) is 16.1. The number of rotatable bonds is 3. The number of aromatic nitrogens is 5. The minimum absolute atomic E-state index is 0.255. The Morgan fingerprint density at radius 1 is 1.03 bits per heavy atom. The highest BCUT2D eigenvalue weighted by molar-refractivity contribution is 6.06. The predicted octanol–water partition coefficient (Wildman–Crippen LogP) is 4.06. The summed E-state index contributed by atoms with van der Waals surface area (Å²) in [5, 5.41) is 5.67. The van der Waals surface area contributed by atoms with Gasteiger partial charge < -0.3 is 10.3 Å². The molecule has 0 saturated heterocycles. The van der Waals surface area contributed by atoms with Gasteiger partial charge in [0, 0.05) is 12.4 Å². The molecule has 144 valence electrons. The first-order valence-electron chi connectivity index (χ1n) is 9.31. The van der Waals surface area contributed by atoms with Crippen LogP contribution in [0.5, 0.6) is 0 Å². The molecule has 0 aliphatic carbocycles. The second-order valence-corrected chi connectivity index (χ2v) is 7.11. The van der Waals surface area contributed by atoms with Gasteiger partial charge in [0.05, 0.1) is 29.0 Å². The molecule has 5 rings (SSSR count). The van der Waals surface area contributed by atoms with Crippen LogP contribution in [-0.4, -0.2) is 24.3 Å². The lowest BCUT2D eigenvalue weighted by Gasteiger charge is -2.07. The molecule has 0 bridgehead atoms. The number of fused-ring (bicyclic) bond motifs is 3. The van der Waals surface area contributed by atoms with Gasteiger partial charge in [0.15, 0.2) is 5.82 Å². The van der Waals surface area contributed by atoms with Crippen molar-refractivity contribution in [3.63, 3.8) is 0 Å². The van der Waals surface area contributed by atoms with Gasteiger partial charge in [0.2, 0.25) is 0 Å². The fourth-order valence-corrected chi connectivity index (χ4v) is 3.82. The molecule has 0 fully saturated rings. The normalized spacial score (nSPS) is 11.6. The topological polar surface area (TPSA) is 74.5 Å². The van der Waals surface area contributed by atoms with Crippen molar-refractivity contribution in [1.29, 1.82) is 0 Å². The maximum Gasteiger partial charge on any atom is 0.152 e. The number of nitrogen functional groups attached to an aromatic ring is 1. The summed E-state index contributed by atoms with van der Waals surface area (Å²) in [6, 6.07) is 16.4. The van der Waals surface area contributed by atoms with Crippen molar-refractivity contribution in [2.24, 2.45) is 7.05 Å². The summed E-state index contributed by atoms with van der Waals surface area (Å²) in [5.41, 5.74) is 11.4. The molecule has 0 atom stereocenters. The van der Waals surface area contributed by atoms with Crippen molar-refractivity contribution >= 4 is 27.8 Å². The molecule has 0 aliphatic rings. The van der Waals surface area contributed by atoms with Crippen LogP contribution in [0.3, 0.4) is 0 Å². The molecule has 0 unspecified atom stereocenters. The van der Waals surface area contributed by atoms with E-state index in [0.29, 0.717) is 17.9 Å². The fraction of sp³-hybridized carbons (Fsp3) is 0.136. The van der Waals surface area contributed by atoms with E-state index in [-0.39, 0.29) is 5.82 Å². The maximum atomic E-state index is 13.3. The molecule has 3 aromatic heterocycles. The molecular formula is C22H19FN6. The number of aryl methyl sites for hydroxylation is 2. The molecule has 2 aromatic carbocycles. The minimum atomic E-state index is -0.255. The van der Waals surface area contributed by atoms with Gasteiger partial charge in [0.1, 0.15) is 17.2 Å². The summed E-state index contributed by atoms with van der Waals surface area (Å²) in [4.78, 5) is 9.14. The van der Waals surface area contributed by atoms with Crippen LogP contribution in [0.15, 0.2) is 54.6 Å². The average Bonchev–Trinajstić information content (AvgIpc) is 3.23. The quantitative estimate of drug-likeness (QED) is 0.507. The van der Waals surface area contributed by atoms with Gasteiger partial charge in [-0.05, 0) is 48.9 Å². The van der Waals surface area contributed by atoms with E-state index in [2.05, 4.69) is 19.6 Å². The maximum absolute atomic E-state index is 13.3. The van der Waals surface area contributed by atoms with Crippen molar-refractivity contribution in [3.05, 3.63) is 71.9 Å². The zero-order valence-corrected chi connectivity index (χ0v) is 16.1. The SMILES string of the molecule is Cc1nc2c(N)nc3ccccc3c2n1Cc1cc(-c2ccc(F)cc2)n(C)n1. The molecule has 0 radical (unpaired) electrons. The number of hydrogen-bond acceptors (Lipinski definition) is 4. The largest absolute Gasteiger partial charge is 0.382 e. The van der Waals surface area contributed by atoms with E-state index in [1.54, 1.807) is 12.1 Å². The molecule has 6 nitrogen and oxygen atoms in total. The number of pyridine rings is 1. The number of imidazole rings is 1. The molecule has 0 spiro atoms. The van der Waals surface area contributed by atoms with Crippen molar-refractivity contribution < 1.29 is 4.39 Å². The highest BCUT2D eigenvalue weighted by atomic mass is 19.1. The van der Waals surface area contributed by atoms with E-state index in [0.717, 1.165) is 39.2 Å². The number of para-hydroxylation sites is 1. The summed E-state index contributed by atoms with van der Waals surface area (Å²) in [5.74, 6) is 1.02. The Kier molecular flexibility index (Phi) is 3.84. The summed E-state index contributed by atoms with van der Waals surface area (Å²) < 4.78 is 17.2. The van der Waals surface area contributed by atoms with Crippen LogP contribution in [0.4, 0.5) is 10.2 Å². The predicted molar refractivity (Wildman–Crippen MR) is 112 cm³/mol.